The molecular weight excluding hydrogens is 176 g/mol. The van der Waals surface area contributed by atoms with Crippen LogP contribution in [0, 0.1) is 6.92 Å². The number of hydrogen-bond acceptors (Lipinski definition) is 2. The summed E-state index contributed by atoms with van der Waals surface area (Å²) in [6.45, 7) is 6.27. The van der Waals surface area contributed by atoms with Crippen LogP contribution < -0.4 is 4.74 Å². The summed E-state index contributed by atoms with van der Waals surface area (Å²) in [7, 11) is 0. The van der Waals surface area contributed by atoms with Crippen LogP contribution >= 0.6 is 0 Å². The summed E-state index contributed by atoms with van der Waals surface area (Å²) in [4.78, 5) is 0. The molecule has 0 saturated carbocycles. The molecule has 2 heteroatoms. The molecule has 78 valence electrons. The van der Waals surface area contributed by atoms with Crippen LogP contribution in [-0.2, 0) is 4.74 Å². The molecule has 0 aliphatic rings. The first-order valence-electron chi connectivity index (χ1n) is 5.10. The SMILES string of the molecule is CCCOCCOc1ccc(C)cc1. The molecule has 0 unspecified atom stereocenters. The van der Waals surface area contributed by atoms with Gasteiger partial charge in [0.25, 0.3) is 0 Å². The molecule has 14 heavy (non-hydrogen) atoms. The summed E-state index contributed by atoms with van der Waals surface area (Å²) >= 11 is 0. The average Bonchev–Trinajstić information content (AvgIpc) is 2.21. The first kappa shape index (κ1) is 11.1. The summed E-state index contributed by atoms with van der Waals surface area (Å²) in [6.07, 6.45) is 1.06. The first-order chi connectivity index (χ1) is 6.83. The van der Waals surface area contributed by atoms with Crippen LogP contribution in [0.2, 0.25) is 0 Å². The second-order valence-corrected chi connectivity index (χ2v) is 3.27. The molecule has 0 aliphatic carbocycles. The van der Waals surface area contributed by atoms with E-state index in [1.54, 1.807) is 0 Å². The molecule has 0 fully saturated rings. The molecule has 1 aromatic carbocycles. The van der Waals surface area contributed by atoms with E-state index < -0.39 is 0 Å². The minimum atomic E-state index is 0.628. The van der Waals surface area contributed by atoms with E-state index in [1.165, 1.54) is 5.56 Å². The summed E-state index contributed by atoms with van der Waals surface area (Å²) < 4.78 is 10.8. The molecule has 0 spiro atoms. The molecule has 2 nitrogen and oxygen atoms in total. The van der Waals surface area contributed by atoms with Crippen molar-refractivity contribution in [2.75, 3.05) is 19.8 Å². The third-order valence-corrected chi connectivity index (χ3v) is 1.87. The van der Waals surface area contributed by atoms with Crippen LogP contribution in [0.25, 0.3) is 0 Å². The van der Waals surface area contributed by atoms with Crippen molar-refractivity contribution in [3.8, 4) is 5.75 Å². The molecule has 0 heterocycles. The molecule has 0 saturated heterocycles. The van der Waals surface area contributed by atoms with Crippen molar-refractivity contribution < 1.29 is 9.47 Å². The van der Waals surface area contributed by atoms with Gasteiger partial charge >= 0.3 is 0 Å². The molecule has 0 N–H and O–H groups in total. The molecular formula is C12H18O2. The van der Waals surface area contributed by atoms with Gasteiger partial charge in [0.05, 0.1) is 6.61 Å². The van der Waals surface area contributed by atoms with E-state index in [1.807, 2.05) is 24.3 Å². The minimum Gasteiger partial charge on any atom is -0.491 e. The standard InChI is InChI=1S/C12H18O2/c1-3-8-13-9-10-14-12-6-4-11(2)5-7-12/h4-7H,3,8-10H2,1-2H3. The van der Waals surface area contributed by atoms with Gasteiger partial charge in [-0.25, -0.2) is 0 Å². The Balaban J connectivity index is 2.15. The van der Waals surface area contributed by atoms with E-state index in [0.29, 0.717) is 13.2 Å². The lowest BCUT2D eigenvalue weighted by Crippen LogP contribution is -2.06. The van der Waals surface area contributed by atoms with Crippen LogP contribution in [0.3, 0.4) is 0 Å². The Hall–Kier alpha value is -1.02. The third-order valence-electron chi connectivity index (χ3n) is 1.87. The monoisotopic (exact) mass is 194 g/mol. The third kappa shape index (κ3) is 4.28. The van der Waals surface area contributed by atoms with Gasteiger partial charge in [0.2, 0.25) is 0 Å². The Kier molecular flexibility index (Phi) is 5.08. The van der Waals surface area contributed by atoms with Gasteiger partial charge in [0.15, 0.2) is 0 Å². The van der Waals surface area contributed by atoms with Crippen LogP contribution in [0.5, 0.6) is 5.75 Å². The lowest BCUT2D eigenvalue weighted by molar-refractivity contribution is 0.101. The Morgan fingerprint density at radius 1 is 1.00 bits per heavy atom. The zero-order chi connectivity index (χ0) is 10.2. The van der Waals surface area contributed by atoms with Crippen molar-refractivity contribution in [3.05, 3.63) is 29.8 Å². The number of ether oxygens (including phenoxy) is 2. The number of benzene rings is 1. The van der Waals surface area contributed by atoms with E-state index >= 15 is 0 Å². The van der Waals surface area contributed by atoms with E-state index in [2.05, 4.69) is 13.8 Å². The lowest BCUT2D eigenvalue weighted by atomic mass is 10.2. The second kappa shape index (κ2) is 6.44. The molecule has 0 atom stereocenters. The molecule has 1 aromatic rings. The van der Waals surface area contributed by atoms with E-state index in [-0.39, 0.29) is 0 Å². The van der Waals surface area contributed by atoms with Crippen molar-refractivity contribution >= 4 is 0 Å². The van der Waals surface area contributed by atoms with Crippen LogP contribution in [0.1, 0.15) is 18.9 Å². The highest BCUT2D eigenvalue weighted by Gasteiger charge is 1.92. The quantitative estimate of drug-likeness (QED) is 0.648. The largest absolute Gasteiger partial charge is 0.491 e. The first-order valence-corrected chi connectivity index (χ1v) is 5.10. The van der Waals surface area contributed by atoms with E-state index in [0.717, 1.165) is 18.8 Å². The predicted molar refractivity (Wildman–Crippen MR) is 57.8 cm³/mol. The average molecular weight is 194 g/mol. The summed E-state index contributed by atoms with van der Waals surface area (Å²) in [5.41, 5.74) is 1.25. The van der Waals surface area contributed by atoms with Gasteiger partial charge in [-0.1, -0.05) is 24.6 Å². The Morgan fingerprint density at radius 2 is 1.71 bits per heavy atom. The zero-order valence-corrected chi connectivity index (χ0v) is 8.95. The van der Waals surface area contributed by atoms with Crippen LogP contribution in [0.4, 0.5) is 0 Å². The highest BCUT2D eigenvalue weighted by Crippen LogP contribution is 2.10. The summed E-state index contributed by atoms with van der Waals surface area (Å²) in [5, 5.41) is 0. The predicted octanol–water partition coefficient (Wildman–Crippen LogP) is 2.80. The van der Waals surface area contributed by atoms with Gasteiger partial charge in [0.1, 0.15) is 12.4 Å². The Morgan fingerprint density at radius 3 is 2.36 bits per heavy atom. The fourth-order valence-electron chi connectivity index (χ4n) is 1.10. The van der Waals surface area contributed by atoms with Crippen molar-refractivity contribution in [1.82, 2.24) is 0 Å². The fraction of sp³-hybridized carbons (Fsp3) is 0.500. The van der Waals surface area contributed by atoms with E-state index in [9.17, 15) is 0 Å². The van der Waals surface area contributed by atoms with Gasteiger partial charge in [-0.3, -0.25) is 0 Å². The maximum Gasteiger partial charge on any atom is 0.119 e. The summed E-state index contributed by atoms with van der Waals surface area (Å²) in [6, 6.07) is 8.05. The van der Waals surface area contributed by atoms with Gasteiger partial charge < -0.3 is 9.47 Å². The topological polar surface area (TPSA) is 18.5 Å². The van der Waals surface area contributed by atoms with Crippen molar-refractivity contribution in [1.29, 1.82) is 0 Å². The molecule has 0 bridgehead atoms. The number of aryl methyl sites for hydroxylation is 1. The number of rotatable bonds is 6. The minimum absolute atomic E-state index is 0.628. The normalized spacial score (nSPS) is 10.1. The molecule has 0 radical (unpaired) electrons. The Bertz CT molecular complexity index is 241. The van der Waals surface area contributed by atoms with Crippen molar-refractivity contribution in [2.45, 2.75) is 20.3 Å². The van der Waals surface area contributed by atoms with Crippen LogP contribution in [0.15, 0.2) is 24.3 Å². The second-order valence-electron chi connectivity index (χ2n) is 3.27. The Labute approximate surface area is 85.8 Å². The van der Waals surface area contributed by atoms with Gasteiger partial charge in [-0.15, -0.1) is 0 Å². The smallest absolute Gasteiger partial charge is 0.119 e. The van der Waals surface area contributed by atoms with Gasteiger partial charge in [-0.2, -0.15) is 0 Å². The van der Waals surface area contributed by atoms with E-state index in [4.69, 9.17) is 9.47 Å². The van der Waals surface area contributed by atoms with Gasteiger partial charge in [-0.05, 0) is 25.5 Å². The highest BCUT2D eigenvalue weighted by molar-refractivity contribution is 5.26. The van der Waals surface area contributed by atoms with Crippen molar-refractivity contribution in [2.24, 2.45) is 0 Å². The molecule has 1 rings (SSSR count). The van der Waals surface area contributed by atoms with Crippen LogP contribution in [-0.4, -0.2) is 19.8 Å². The highest BCUT2D eigenvalue weighted by atomic mass is 16.5. The lowest BCUT2D eigenvalue weighted by Gasteiger charge is -2.06. The number of hydrogen-bond donors (Lipinski definition) is 0. The zero-order valence-electron chi connectivity index (χ0n) is 8.95. The fourth-order valence-corrected chi connectivity index (χ4v) is 1.10. The maximum absolute atomic E-state index is 5.48. The summed E-state index contributed by atoms with van der Waals surface area (Å²) in [5.74, 6) is 0.913. The maximum atomic E-state index is 5.48. The van der Waals surface area contributed by atoms with Crippen molar-refractivity contribution in [3.63, 3.8) is 0 Å². The van der Waals surface area contributed by atoms with Gasteiger partial charge in [0, 0.05) is 6.61 Å². The molecule has 0 aromatic heterocycles. The molecule has 0 amide bonds. The molecule has 0 aliphatic heterocycles.